The SMILES string of the molecule is O=C(O)c1cccc(N/N=C2\C(c3ccccc3)=NN(c3nc(-c4ccccc4)cs3)C3OC23)c1. The van der Waals surface area contributed by atoms with Crippen molar-refractivity contribution in [1.82, 2.24) is 4.98 Å². The van der Waals surface area contributed by atoms with Crippen molar-refractivity contribution in [2.45, 2.75) is 12.3 Å². The molecule has 2 aliphatic heterocycles. The highest BCUT2D eigenvalue weighted by Gasteiger charge is 2.54. The molecule has 3 heterocycles. The molecule has 1 aromatic heterocycles. The molecular weight excluding hydrogens is 462 g/mol. The van der Waals surface area contributed by atoms with Crippen molar-refractivity contribution in [1.29, 1.82) is 0 Å². The first-order valence-corrected chi connectivity index (χ1v) is 11.8. The number of rotatable bonds is 6. The number of carbonyl (C=O) groups is 1. The molecule has 9 heteroatoms. The van der Waals surface area contributed by atoms with Gasteiger partial charge >= 0.3 is 5.97 Å². The molecule has 2 atom stereocenters. The standard InChI is InChI=1S/C26H19N5O3S/c32-25(33)18-12-7-13-19(14-18)28-29-22-21(17-10-5-2-6-11-17)30-31(24-23(22)34-24)26-27-20(15-35-26)16-8-3-1-4-9-16/h1-15,23-24,28H,(H,32,33)/b29-22+. The highest BCUT2D eigenvalue weighted by Crippen LogP contribution is 2.39. The van der Waals surface area contributed by atoms with Crippen LogP contribution in [0.3, 0.4) is 0 Å². The molecule has 0 bridgehead atoms. The lowest BCUT2D eigenvalue weighted by atomic mass is 10.0. The third-order valence-electron chi connectivity index (χ3n) is 5.65. The van der Waals surface area contributed by atoms with Gasteiger partial charge in [0.05, 0.1) is 16.9 Å². The largest absolute Gasteiger partial charge is 0.478 e. The van der Waals surface area contributed by atoms with Crippen molar-refractivity contribution in [3.63, 3.8) is 0 Å². The number of fused-ring (bicyclic) bond motifs is 1. The number of aromatic carboxylic acids is 1. The van der Waals surface area contributed by atoms with Crippen LogP contribution in [0.15, 0.2) is 101 Å². The number of aromatic nitrogens is 1. The van der Waals surface area contributed by atoms with Crippen LogP contribution in [-0.2, 0) is 4.74 Å². The second-order valence-electron chi connectivity index (χ2n) is 7.98. The summed E-state index contributed by atoms with van der Waals surface area (Å²) in [7, 11) is 0. The number of epoxide rings is 1. The zero-order valence-corrected chi connectivity index (χ0v) is 19.1. The van der Waals surface area contributed by atoms with Gasteiger partial charge in [0.1, 0.15) is 11.4 Å². The zero-order chi connectivity index (χ0) is 23.8. The molecule has 3 aromatic carbocycles. The maximum atomic E-state index is 11.3. The minimum Gasteiger partial charge on any atom is -0.478 e. The second-order valence-corrected chi connectivity index (χ2v) is 8.82. The van der Waals surface area contributed by atoms with Crippen molar-refractivity contribution in [2.75, 3.05) is 10.4 Å². The molecule has 1 saturated heterocycles. The number of nitrogens with zero attached hydrogens (tertiary/aromatic N) is 4. The normalized spacial score (nSPS) is 19.7. The van der Waals surface area contributed by atoms with E-state index in [1.54, 1.807) is 12.1 Å². The van der Waals surface area contributed by atoms with Crippen LogP contribution in [-0.4, -0.2) is 39.8 Å². The molecular formula is C26H19N5O3S. The maximum absolute atomic E-state index is 11.3. The van der Waals surface area contributed by atoms with Crippen molar-refractivity contribution in [2.24, 2.45) is 10.2 Å². The highest BCUT2D eigenvalue weighted by molar-refractivity contribution is 7.14. The van der Waals surface area contributed by atoms with E-state index in [1.165, 1.54) is 23.5 Å². The fraction of sp³-hybridized carbons (Fsp3) is 0.0769. The smallest absolute Gasteiger partial charge is 0.335 e. The summed E-state index contributed by atoms with van der Waals surface area (Å²) in [4.78, 5) is 16.1. The van der Waals surface area contributed by atoms with Crippen molar-refractivity contribution < 1.29 is 14.6 Å². The van der Waals surface area contributed by atoms with Crippen LogP contribution in [0.1, 0.15) is 15.9 Å². The molecule has 2 aliphatic rings. The second kappa shape index (κ2) is 8.79. The minimum atomic E-state index is -0.995. The van der Waals surface area contributed by atoms with Gasteiger partial charge in [-0.3, -0.25) is 5.43 Å². The summed E-state index contributed by atoms with van der Waals surface area (Å²) >= 11 is 1.51. The molecule has 0 amide bonds. The fourth-order valence-electron chi connectivity index (χ4n) is 3.87. The monoisotopic (exact) mass is 481 g/mol. The molecule has 1 fully saturated rings. The molecule has 4 aromatic rings. The average Bonchev–Trinajstić information content (AvgIpc) is 3.56. The Kier molecular flexibility index (Phi) is 5.32. The Morgan fingerprint density at radius 2 is 1.74 bits per heavy atom. The van der Waals surface area contributed by atoms with E-state index in [0.29, 0.717) is 17.1 Å². The lowest BCUT2D eigenvalue weighted by molar-refractivity contribution is 0.0697. The molecule has 2 N–H and O–H groups in total. The van der Waals surface area contributed by atoms with Gasteiger partial charge in [0, 0.05) is 16.5 Å². The number of ether oxygens (including phenoxy) is 1. The minimum absolute atomic E-state index is 0.181. The van der Waals surface area contributed by atoms with E-state index in [4.69, 9.17) is 14.8 Å². The number of hydrogen-bond acceptors (Lipinski definition) is 8. The Hall–Kier alpha value is -4.34. The van der Waals surface area contributed by atoms with Gasteiger partial charge in [-0.05, 0) is 18.2 Å². The number of thiazole rings is 1. The van der Waals surface area contributed by atoms with Gasteiger partial charge in [0.2, 0.25) is 5.13 Å². The molecule has 35 heavy (non-hydrogen) atoms. The lowest BCUT2D eigenvalue weighted by Crippen LogP contribution is -2.37. The number of hydrogen-bond donors (Lipinski definition) is 2. The molecule has 0 aliphatic carbocycles. The molecule has 2 unspecified atom stereocenters. The molecule has 0 spiro atoms. The molecule has 8 nitrogen and oxygen atoms in total. The van der Waals surface area contributed by atoms with E-state index in [9.17, 15) is 9.90 Å². The quantitative estimate of drug-likeness (QED) is 0.299. The van der Waals surface area contributed by atoms with Crippen LogP contribution in [0.2, 0.25) is 0 Å². The Morgan fingerprint density at radius 1 is 1.00 bits per heavy atom. The summed E-state index contributed by atoms with van der Waals surface area (Å²) < 4.78 is 5.99. The van der Waals surface area contributed by atoms with Gasteiger partial charge in [-0.15, -0.1) is 11.3 Å². The number of hydrazone groups is 2. The maximum Gasteiger partial charge on any atom is 0.335 e. The number of nitrogens with one attached hydrogen (secondary N) is 1. The van der Waals surface area contributed by atoms with Gasteiger partial charge in [-0.25, -0.2) is 14.8 Å². The number of anilines is 2. The molecule has 0 saturated carbocycles. The van der Waals surface area contributed by atoms with E-state index in [1.807, 2.05) is 71.1 Å². The van der Waals surface area contributed by atoms with Gasteiger partial charge < -0.3 is 9.84 Å². The first-order valence-electron chi connectivity index (χ1n) is 10.9. The van der Waals surface area contributed by atoms with Crippen LogP contribution in [0.4, 0.5) is 10.8 Å². The summed E-state index contributed by atoms with van der Waals surface area (Å²) in [6.45, 7) is 0. The summed E-state index contributed by atoms with van der Waals surface area (Å²) in [5.74, 6) is -0.995. The summed E-state index contributed by atoms with van der Waals surface area (Å²) in [6, 6.07) is 26.3. The van der Waals surface area contributed by atoms with Crippen molar-refractivity contribution in [3.8, 4) is 11.3 Å². The molecule has 172 valence electrons. The number of carboxylic acid groups (broad SMARTS) is 1. The first-order chi connectivity index (χ1) is 17.2. The zero-order valence-electron chi connectivity index (χ0n) is 18.3. The third kappa shape index (κ3) is 4.18. The van der Waals surface area contributed by atoms with Crippen LogP contribution >= 0.6 is 11.3 Å². The van der Waals surface area contributed by atoms with Crippen LogP contribution in [0.5, 0.6) is 0 Å². The van der Waals surface area contributed by atoms with Gasteiger partial charge in [0.25, 0.3) is 0 Å². The fourth-order valence-corrected chi connectivity index (χ4v) is 4.68. The Morgan fingerprint density at radius 3 is 2.49 bits per heavy atom. The van der Waals surface area contributed by atoms with E-state index in [2.05, 4.69) is 10.5 Å². The van der Waals surface area contributed by atoms with E-state index in [0.717, 1.165) is 22.0 Å². The summed E-state index contributed by atoms with van der Waals surface area (Å²) in [5, 5.41) is 23.3. The van der Waals surface area contributed by atoms with Crippen LogP contribution < -0.4 is 10.4 Å². The number of carboxylic acids is 1. The summed E-state index contributed by atoms with van der Waals surface area (Å²) in [5.41, 5.74) is 7.87. The average molecular weight is 482 g/mol. The lowest BCUT2D eigenvalue weighted by Gasteiger charge is -2.21. The first kappa shape index (κ1) is 21.2. The number of benzene rings is 3. The molecule has 6 rings (SSSR count). The van der Waals surface area contributed by atoms with Crippen LogP contribution in [0, 0.1) is 0 Å². The topological polar surface area (TPSA) is 103 Å². The highest BCUT2D eigenvalue weighted by atomic mass is 32.1. The summed E-state index contributed by atoms with van der Waals surface area (Å²) in [6.07, 6.45) is -0.593. The molecule has 0 radical (unpaired) electrons. The van der Waals surface area contributed by atoms with Crippen molar-refractivity contribution >= 4 is 39.5 Å². The predicted molar refractivity (Wildman–Crippen MR) is 136 cm³/mol. The third-order valence-corrected chi connectivity index (χ3v) is 6.48. The van der Waals surface area contributed by atoms with E-state index < -0.39 is 5.97 Å². The Balaban J connectivity index is 1.35. The van der Waals surface area contributed by atoms with E-state index >= 15 is 0 Å². The Labute approximate surface area is 204 Å². The Bertz CT molecular complexity index is 1450. The van der Waals surface area contributed by atoms with Crippen LogP contribution in [0.25, 0.3) is 11.3 Å². The van der Waals surface area contributed by atoms with Gasteiger partial charge in [-0.1, -0.05) is 66.7 Å². The van der Waals surface area contributed by atoms with Gasteiger partial charge in [-0.2, -0.15) is 10.2 Å². The van der Waals surface area contributed by atoms with Crippen molar-refractivity contribution in [3.05, 3.63) is 101 Å². The predicted octanol–water partition coefficient (Wildman–Crippen LogP) is 4.93. The van der Waals surface area contributed by atoms with Gasteiger partial charge in [0.15, 0.2) is 12.3 Å². The van der Waals surface area contributed by atoms with E-state index in [-0.39, 0.29) is 17.9 Å².